The molecular formula is C19H23NS. The van der Waals surface area contributed by atoms with E-state index in [4.69, 9.17) is 0 Å². The van der Waals surface area contributed by atoms with E-state index >= 15 is 0 Å². The monoisotopic (exact) mass is 297 g/mol. The van der Waals surface area contributed by atoms with Crippen molar-refractivity contribution in [2.45, 2.75) is 57.5 Å². The first-order valence-corrected chi connectivity index (χ1v) is 8.80. The highest BCUT2D eigenvalue weighted by Crippen LogP contribution is 2.59. The maximum Gasteiger partial charge on any atom is 0.0640 e. The molecule has 1 aromatic heterocycles. The van der Waals surface area contributed by atoms with Crippen LogP contribution in [0.2, 0.25) is 0 Å². The fourth-order valence-electron chi connectivity index (χ4n) is 4.60. The number of aryl methyl sites for hydroxylation is 1. The molecule has 1 aliphatic carbocycles. The highest BCUT2D eigenvalue weighted by Gasteiger charge is 2.57. The van der Waals surface area contributed by atoms with E-state index in [1.807, 2.05) is 11.3 Å². The highest BCUT2D eigenvalue weighted by atomic mass is 32.1. The van der Waals surface area contributed by atoms with E-state index in [0.717, 1.165) is 0 Å². The SMILES string of the molecule is Cc1ccccc1N1C(C)C2(C)CCC1(C)c1ccsc12. The summed E-state index contributed by atoms with van der Waals surface area (Å²) in [5.41, 5.74) is 4.82. The van der Waals surface area contributed by atoms with Crippen LogP contribution in [-0.2, 0) is 11.0 Å². The minimum absolute atomic E-state index is 0.151. The summed E-state index contributed by atoms with van der Waals surface area (Å²) in [5.74, 6) is 0. The topological polar surface area (TPSA) is 3.24 Å². The fourth-order valence-corrected chi connectivity index (χ4v) is 5.89. The third kappa shape index (κ3) is 1.52. The van der Waals surface area contributed by atoms with Gasteiger partial charge in [0.15, 0.2) is 0 Å². The molecule has 2 heteroatoms. The molecule has 0 radical (unpaired) electrons. The van der Waals surface area contributed by atoms with Crippen molar-refractivity contribution in [3.63, 3.8) is 0 Å². The average Bonchev–Trinajstić information content (AvgIpc) is 2.96. The number of piperidine rings is 1. The second kappa shape index (κ2) is 4.13. The number of fused-ring (bicyclic) bond motifs is 2. The second-order valence-electron chi connectivity index (χ2n) is 7.19. The quantitative estimate of drug-likeness (QED) is 0.696. The van der Waals surface area contributed by atoms with E-state index in [1.165, 1.54) is 24.1 Å². The zero-order valence-electron chi connectivity index (χ0n) is 13.3. The normalized spacial score (nSPS) is 34.1. The lowest BCUT2D eigenvalue weighted by atomic mass is 9.60. The van der Waals surface area contributed by atoms with E-state index in [2.05, 4.69) is 68.3 Å². The number of benzene rings is 1. The molecule has 2 aromatic rings. The smallest absolute Gasteiger partial charge is 0.0640 e. The Bertz CT molecular complexity index is 703. The van der Waals surface area contributed by atoms with Crippen molar-refractivity contribution in [3.8, 4) is 0 Å². The third-order valence-electron chi connectivity index (χ3n) is 6.11. The fraction of sp³-hybridized carbons (Fsp3) is 0.474. The Kier molecular flexibility index (Phi) is 2.63. The summed E-state index contributed by atoms with van der Waals surface area (Å²) in [4.78, 5) is 4.34. The van der Waals surface area contributed by atoms with Crippen LogP contribution in [-0.4, -0.2) is 6.04 Å². The maximum absolute atomic E-state index is 2.71. The van der Waals surface area contributed by atoms with Gasteiger partial charge in [-0.15, -0.1) is 11.3 Å². The van der Waals surface area contributed by atoms with Gasteiger partial charge in [-0.25, -0.2) is 0 Å². The van der Waals surface area contributed by atoms with Crippen LogP contribution in [0.15, 0.2) is 35.7 Å². The molecule has 0 spiro atoms. The van der Waals surface area contributed by atoms with Crippen LogP contribution >= 0.6 is 11.3 Å². The molecule has 3 atom stereocenters. The van der Waals surface area contributed by atoms with E-state index in [0.29, 0.717) is 11.5 Å². The van der Waals surface area contributed by atoms with Gasteiger partial charge in [0.1, 0.15) is 0 Å². The largest absolute Gasteiger partial charge is 0.358 e. The van der Waals surface area contributed by atoms with E-state index in [9.17, 15) is 0 Å². The Morgan fingerprint density at radius 1 is 1.14 bits per heavy atom. The van der Waals surface area contributed by atoms with Gasteiger partial charge in [0, 0.05) is 22.0 Å². The molecule has 110 valence electrons. The van der Waals surface area contributed by atoms with Crippen molar-refractivity contribution in [3.05, 3.63) is 51.7 Å². The molecule has 21 heavy (non-hydrogen) atoms. The molecule has 1 aromatic carbocycles. The maximum atomic E-state index is 2.71. The molecule has 2 bridgehead atoms. The van der Waals surface area contributed by atoms with Gasteiger partial charge in [0.25, 0.3) is 0 Å². The summed E-state index contributed by atoms with van der Waals surface area (Å²) in [7, 11) is 0. The zero-order valence-corrected chi connectivity index (χ0v) is 14.1. The predicted molar refractivity (Wildman–Crippen MR) is 91.4 cm³/mol. The van der Waals surface area contributed by atoms with E-state index < -0.39 is 0 Å². The second-order valence-corrected chi connectivity index (χ2v) is 8.10. The number of para-hydroxylation sites is 1. The summed E-state index contributed by atoms with van der Waals surface area (Å²) in [6.45, 7) is 9.58. The van der Waals surface area contributed by atoms with Gasteiger partial charge in [-0.2, -0.15) is 0 Å². The standard InChI is InChI=1S/C19H23NS/c1-13-7-5-6-8-16(13)20-14(2)18(3)10-11-19(20,4)15-9-12-21-17(15)18/h5-9,12,14H,10-11H2,1-4H3. The van der Waals surface area contributed by atoms with Crippen molar-refractivity contribution in [1.82, 2.24) is 0 Å². The van der Waals surface area contributed by atoms with Crippen LogP contribution in [0.1, 0.15) is 49.6 Å². The number of anilines is 1. The first-order valence-electron chi connectivity index (χ1n) is 7.92. The molecule has 3 unspecified atom stereocenters. The summed E-state index contributed by atoms with van der Waals surface area (Å²) in [6.07, 6.45) is 2.56. The number of rotatable bonds is 1. The molecule has 5 rings (SSSR count). The Balaban J connectivity index is 1.97. The summed E-state index contributed by atoms with van der Waals surface area (Å²) in [5, 5.41) is 2.29. The Hall–Kier alpha value is -1.28. The number of hydrogen-bond acceptors (Lipinski definition) is 2. The van der Waals surface area contributed by atoms with Gasteiger partial charge < -0.3 is 4.90 Å². The number of thiophene rings is 1. The Labute approximate surface area is 131 Å². The van der Waals surface area contributed by atoms with Crippen molar-refractivity contribution < 1.29 is 0 Å². The van der Waals surface area contributed by atoms with Gasteiger partial charge in [-0.1, -0.05) is 25.1 Å². The van der Waals surface area contributed by atoms with Crippen molar-refractivity contribution in [1.29, 1.82) is 0 Å². The van der Waals surface area contributed by atoms with Gasteiger partial charge in [0.2, 0.25) is 0 Å². The van der Waals surface area contributed by atoms with Crippen LogP contribution in [0, 0.1) is 6.92 Å². The molecule has 2 aliphatic heterocycles. The van der Waals surface area contributed by atoms with E-state index in [1.54, 1.807) is 10.4 Å². The predicted octanol–water partition coefficient (Wildman–Crippen LogP) is 5.23. The molecule has 3 heterocycles. The minimum atomic E-state index is 0.151. The number of nitrogens with zero attached hydrogens (tertiary/aromatic N) is 1. The Morgan fingerprint density at radius 2 is 1.90 bits per heavy atom. The lowest BCUT2D eigenvalue weighted by Gasteiger charge is -2.62. The van der Waals surface area contributed by atoms with Crippen LogP contribution < -0.4 is 4.90 Å². The first kappa shape index (κ1) is 13.4. The summed E-state index contributed by atoms with van der Waals surface area (Å²) in [6, 6.07) is 11.8. The van der Waals surface area contributed by atoms with Crippen molar-refractivity contribution in [2.75, 3.05) is 4.90 Å². The third-order valence-corrected chi connectivity index (χ3v) is 7.31. The first-order chi connectivity index (χ1) is 9.98. The van der Waals surface area contributed by atoms with Crippen LogP contribution in [0.3, 0.4) is 0 Å². The van der Waals surface area contributed by atoms with Gasteiger partial charge in [-0.05, 0) is 62.3 Å². The lowest BCUT2D eigenvalue weighted by molar-refractivity contribution is 0.171. The van der Waals surface area contributed by atoms with Crippen LogP contribution in [0.5, 0.6) is 0 Å². The highest BCUT2D eigenvalue weighted by molar-refractivity contribution is 7.10. The summed E-state index contributed by atoms with van der Waals surface area (Å²) < 4.78 is 0. The van der Waals surface area contributed by atoms with Crippen molar-refractivity contribution in [2.24, 2.45) is 0 Å². The molecule has 1 saturated heterocycles. The van der Waals surface area contributed by atoms with Crippen LogP contribution in [0.25, 0.3) is 0 Å². The molecule has 0 saturated carbocycles. The minimum Gasteiger partial charge on any atom is -0.358 e. The van der Waals surface area contributed by atoms with Gasteiger partial charge in [0.05, 0.1) is 5.54 Å². The molecule has 3 aliphatic rings. The van der Waals surface area contributed by atoms with Gasteiger partial charge in [-0.3, -0.25) is 0 Å². The molecule has 1 fully saturated rings. The van der Waals surface area contributed by atoms with Crippen molar-refractivity contribution >= 4 is 17.0 Å². The molecule has 0 N–H and O–H groups in total. The summed E-state index contributed by atoms with van der Waals surface area (Å²) >= 11 is 1.96. The average molecular weight is 297 g/mol. The van der Waals surface area contributed by atoms with E-state index in [-0.39, 0.29) is 5.54 Å². The molecule has 0 amide bonds. The van der Waals surface area contributed by atoms with Crippen LogP contribution in [0.4, 0.5) is 5.69 Å². The van der Waals surface area contributed by atoms with Gasteiger partial charge >= 0.3 is 0 Å². The lowest BCUT2D eigenvalue weighted by Crippen LogP contribution is -2.65. The molecule has 1 nitrogen and oxygen atoms in total. The zero-order chi connectivity index (χ0) is 14.8. The number of hydrogen-bond donors (Lipinski definition) is 0. The molecular weight excluding hydrogens is 274 g/mol. The Morgan fingerprint density at radius 3 is 2.67 bits per heavy atom.